The molecule has 16 heavy (non-hydrogen) atoms. The van der Waals surface area contributed by atoms with Crippen molar-refractivity contribution in [2.24, 2.45) is 0 Å². The summed E-state index contributed by atoms with van der Waals surface area (Å²) < 4.78 is 9.98. The van der Waals surface area contributed by atoms with Crippen LogP contribution in [0.5, 0.6) is 5.75 Å². The van der Waals surface area contributed by atoms with Gasteiger partial charge >= 0.3 is 5.63 Å². The molecule has 0 aliphatic heterocycles. The quantitative estimate of drug-likeness (QED) is 0.819. The molecule has 0 unspecified atom stereocenters. The lowest BCUT2D eigenvalue weighted by molar-refractivity contribution is 0.400. The number of hydrogen-bond acceptors (Lipinski definition) is 4. The van der Waals surface area contributed by atoms with Gasteiger partial charge in [-0.1, -0.05) is 6.07 Å². The fourth-order valence-corrected chi connectivity index (χ4v) is 1.84. The Hall–Kier alpha value is -1.81. The van der Waals surface area contributed by atoms with Crippen LogP contribution in [0.3, 0.4) is 0 Å². The van der Waals surface area contributed by atoms with E-state index in [4.69, 9.17) is 9.15 Å². The largest absolute Gasteiger partial charge is 0.496 e. The first-order chi connectivity index (χ1) is 7.78. The van der Waals surface area contributed by atoms with Crippen LogP contribution in [0.15, 0.2) is 38.9 Å². The van der Waals surface area contributed by atoms with Gasteiger partial charge in [0.15, 0.2) is 0 Å². The van der Waals surface area contributed by atoms with E-state index in [1.807, 2.05) is 23.6 Å². The van der Waals surface area contributed by atoms with Gasteiger partial charge in [-0.05, 0) is 23.6 Å². The van der Waals surface area contributed by atoms with E-state index in [2.05, 4.69) is 0 Å². The second-order valence-corrected chi connectivity index (χ2v) is 4.05. The highest BCUT2D eigenvalue weighted by Gasteiger charge is 1.98. The molecular formula is C12H10O3S. The van der Waals surface area contributed by atoms with Crippen molar-refractivity contribution in [2.45, 2.75) is 0 Å². The molecule has 82 valence electrons. The standard InChI is InChI=1S/C12H10O3S/c1-14-10-7-9(15-12(13)8-10)4-5-11-3-2-6-16-11/h2-8H,1H3/b5-4+. The molecule has 2 aromatic heterocycles. The number of hydrogen-bond donors (Lipinski definition) is 0. The van der Waals surface area contributed by atoms with E-state index in [-0.39, 0.29) is 0 Å². The smallest absolute Gasteiger partial charge is 0.339 e. The molecule has 0 saturated heterocycles. The molecule has 0 fully saturated rings. The van der Waals surface area contributed by atoms with E-state index in [0.29, 0.717) is 11.5 Å². The van der Waals surface area contributed by atoms with Gasteiger partial charge in [0.1, 0.15) is 11.5 Å². The second-order valence-electron chi connectivity index (χ2n) is 3.07. The van der Waals surface area contributed by atoms with E-state index < -0.39 is 5.63 Å². The Labute approximate surface area is 96.6 Å². The van der Waals surface area contributed by atoms with Crippen LogP contribution in [0.1, 0.15) is 10.6 Å². The monoisotopic (exact) mass is 234 g/mol. The average molecular weight is 234 g/mol. The summed E-state index contributed by atoms with van der Waals surface area (Å²) in [5.41, 5.74) is -0.412. The maximum atomic E-state index is 11.2. The molecule has 2 heterocycles. The third-order valence-corrected chi connectivity index (χ3v) is 2.79. The van der Waals surface area contributed by atoms with Gasteiger partial charge in [0.05, 0.1) is 13.2 Å². The van der Waals surface area contributed by atoms with Crippen LogP contribution in [0, 0.1) is 0 Å². The Morgan fingerprint density at radius 1 is 1.38 bits per heavy atom. The van der Waals surface area contributed by atoms with Crippen molar-refractivity contribution >= 4 is 23.5 Å². The van der Waals surface area contributed by atoms with Crippen LogP contribution in [-0.2, 0) is 0 Å². The minimum atomic E-state index is -0.412. The van der Waals surface area contributed by atoms with Gasteiger partial charge in [-0.25, -0.2) is 4.79 Å². The lowest BCUT2D eigenvalue weighted by atomic mass is 10.3. The third kappa shape index (κ3) is 2.61. The first-order valence-corrected chi connectivity index (χ1v) is 5.56. The summed E-state index contributed by atoms with van der Waals surface area (Å²) in [7, 11) is 1.52. The van der Waals surface area contributed by atoms with Crippen LogP contribution in [0.25, 0.3) is 12.2 Å². The summed E-state index contributed by atoms with van der Waals surface area (Å²) in [5.74, 6) is 0.986. The van der Waals surface area contributed by atoms with Crippen molar-refractivity contribution in [2.75, 3.05) is 7.11 Å². The predicted molar refractivity (Wildman–Crippen MR) is 64.8 cm³/mol. The van der Waals surface area contributed by atoms with Gasteiger partial charge in [0.25, 0.3) is 0 Å². The van der Waals surface area contributed by atoms with Crippen molar-refractivity contribution in [3.8, 4) is 5.75 Å². The summed E-state index contributed by atoms with van der Waals surface area (Å²) in [5, 5.41) is 1.99. The zero-order valence-corrected chi connectivity index (χ0v) is 9.49. The van der Waals surface area contributed by atoms with Crippen molar-refractivity contribution < 1.29 is 9.15 Å². The highest BCUT2D eigenvalue weighted by atomic mass is 32.1. The molecule has 0 aliphatic carbocycles. The molecular weight excluding hydrogens is 224 g/mol. The Morgan fingerprint density at radius 3 is 2.94 bits per heavy atom. The van der Waals surface area contributed by atoms with Crippen molar-refractivity contribution in [3.63, 3.8) is 0 Å². The lowest BCUT2D eigenvalue weighted by Gasteiger charge is -1.98. The minimum absolute atomic E-state index is 0.412. The van der Waals surface area contributed by atoms with E-state index >= 15 is 0 Å². The van der Waals surface area contributed by atoms with Crippen LogP contribution in [0.4, 0.5) is 0 Å². The van der Waals surface area contributed by atoms with E-state index in [9.17, 15) is 4.79 Å². The fourth-order valence-electron chi connectivity index (χ4n) is 1.22. The van der Waals surface area contributed by atoms with Gasteiger partial charge in [-0.3, -0.25) is 0 Å². The zero-order chi connectivity index (χ0) is 11.4. The Kier molecular flexibility index (Phi) is 3.22. The summed E-state index contributed by atoms with van der Waals surface area (Å²) in [6.45, 7) is 0. The van der Waals surface area contributed by atoms with Crippen molar-refractivity contribution in [3.05, 3.63) is 50.7 Å². The van der Waals surface area contributed by atoms with E-state index in [1.54, 1.807) is 23.5 Å². The van der Waals surface area contributed by atoms with Gasteiger partial charge in [0, 0.05) is 10.9 Å². The molecule has 3 nitrogen and oxygen atoms in total. The molecule has 0 atom stereocenters. The second kappa shape index (κ2) is 4.81. The van der Waals surface area contributed by atoms with Gasteiger partial charge in [0.2, 0.25) is 0 Å². The van der Waals surface area contributed by atoms with Crippen LogP contribution in [-0.4, -0.2) is 7.11 Å². The first-order valence-electron chi connectivity index (χ1n) is 4.69. The van der Waals surface area contributed by atoms with Crippen molar-refractivity contribution in [1.82, 2.24) is 0 Å². The maximum absolute atomic E-state index is 11.2. The summed E-state index contributed by atoms with van der Waals surface area (Å²) in [6.07, 6.45) is 3.64. The highest BCUT2D eigenvalue weighted by Crippen LogP contribution is 2.15. The van der Waals surface area contributed by atoms with Gasteiger partial charge in [-0.2, -0.15) is 0 Å². The van der Waals surface area contributed by atoms with Crippen LogP contribution < -0.4 is 10.4 Å². The SMILES string of the molecule is COc1cc(/C=C/c2cccs2)oc(=O)c1. The topological polar surface area (TPSA) is 39.4 Å². The molecule has 0 amide bonds. The number of thiophene rings is 1. The molecule has 2 aromatic rings. The van der Waals surface area contributed by atoms with Crippen LogP contribution in [0.2, 0.25) is 0 Å². The normalized spacial score (nSPS) is 10.8. The molecule has 0 aromatic carbocycles. The number of ether oxygens (including phenoxy) is 1. The van der Waals surface area contributed by atoms with Crippen molar-refractivity contribution in [1.29, 1.82) is 0 Å². The first kappa shape index (κ1) is 10.7. The predicted octanol–water partition coefficient (Wildman–Crippen LogP) is 2.88. The molecule has 0 bridgehead atoms. The van der Waals surface area contributed by atoms with Crippen LogP contribution >= 0.6 is 11.3 Å². The zero-order valence-electron chi connectivity index (χ0n) is 8.67. The fraction of sp³-hybridized carbons (Fsp3) is 0.0833. The number of rotatable bonds is 3. The summed E-state index contributed by atoms with van der Waals surface area (Å²) >= 11 is 1.62. The lowest BCUT2D eigenvalue weighted by Crippen LogP contribution is -1.98. The maximum Gasteiger partial charge on any atom is 0.339 e. The Balaban J connectivity index is 2.27. The van der Waals surface area contributed by atoms with E-state index in [1.165, 1.54) is 13.2 Å². The highest BCUT2D eigenvalue weighted by molar-refractivity contribution is 7.10. The van der Waals surface area contributed by atoms with E-state index in [0.717, 1.165) is 4.88 Å². The Bertz CT molecular complexity index is 538. The summed E-state index contributed by atoms with van der Waals surface area (Å²) in [4.78, 5) is 12.3. The molecule has 4 heteroatoms. The third-order valence-electron chi connectivity index (χ3n) is 1.95. The molecule has 2 rings (SSSR count). The van der Waals surface area contributed by atoms with Gasteiger partial charge < -0.3 is 9.15 Å². The average Bonchev–Trinajstić information content (AvgIpc) is 2.78. The number of methoxy groups -OCH3 is 1. The molecule has 0 saturated carbocycles. The molecule has 0 spiro atoms. The molecule has 0 N–H and O–H groups in total. The summed E-state index contributed by atoms with van der Waals surface area (Å²) in [6, 6.07) is 6.93. The Morgan fingerprint density at radius 2 is 2.25 bits per heavy atom. The molecule has 0 radical (unpaired) electrons. The molecule has 0 aliphatic rings. The minimum Gasteiger partial charge on any atom is -0.496 e. The van der Waals surface area contributed by atoms with Gasteiger partial charge in [-0.15, -0.1) is 11.3 Å².